The number of aromatic nitrogens is 2. The van der Waals surface area contributed by atoms with Crippen molar-refractivity contribution in [1.29, 1.82) is 0 Å². The lowest BCUT2D eigenvalue weighted by Gasteiger charge is -2.12. The molecule has 0 amide bonds. The number of rotatable bonds is 4. The molecular formula is C26H25F4N3O3. The predicted octanol–water partition coefficient (Wildman–Crippen LogP) is 5.18. The van der Waals surface area contributed by atoms with Crippen molar-refractivity contribution < 1.29 is 31.8 Å². The van der Waals surface area contributed by atoms with Gasteiger partial charge < -0.3 is 19.4 Å². The maximum absolute atomic E-state index is 13.9. The molecule has 0 aliphatic carbocycles. The number of ether oxygens (including phenoxy) is 2. The Bertz CT molecular complexity index is 1350. The normalized spacial score (nSPS) is 13.9. The summed E-state index contributed by atoms with van der Waals surface area (Å²) < 4.78 is 64.9. The van der Waals surface area contributed by atoms with Crippen molar-refractivity contribution in [2.45, 2.75) is 19.6 Å². The van der Waals surface area contributed by atoms with Crippen LogP contribution in [-0.4, -0.2) is 48.4 Å². The molecular weight excluding hydrogens is 478 g/mol. The molecule has 10 heteroatoms. The zero-order chi connectivity index (χ0) is 25.7. The first-order valence-corrected chi connectivity index (χ1v) is 11.5. The summed E-state index contributed by atoms with van der Waals surface area (Å²) in [5.74, 6) is -1.51. The fourth-order valence-electron chi connectivity index (χ4n) is 4.04. The first-order valence-electron chi connectivity index (χ1n) is 11.5. The van der Waals surface area contributed by atoms with Crippen LogP contribution >= 0.6 is 0 Å². The molecule has 1 aliphatic heterocycles. The molecule has 0 unspecified atom stereocenters. The summed E-state index contributed by atoms with van der Waals surface area (Å²) in [6, 6.07) is 11.4. The maximum atomic E-state index is 13.9. The van der Waals surface area contributed by atoms with Gasteiger partial charge in [-0.25, -0.2) is 14.2 Å². The van der Waals surface area contributed by atoms with Crippen LogP contribution in [0.15, 0.2) is 54.7 Å². The molecule has 3 heterocycles. The molecule has 190 valence electrons. The van der Waals surface area contributed by atoms with Gasteiger partial charge in [0.15, 0.2) is 0 Å². The average molecular weight is 503 g/mol. The van der Waals surface area contributed by atoms with E-state index in [1.807, 2.05) is 18.2 Å². The second-order valence-corrected chi connectivity index (χ2v) is 8.12. The Labute approximate surface area is 204 Å². The lowest BCUT2D eigenvalue weighted by Crippen LogP contribution is -2.30. The minimum absolute atomic E-state index is 0.00524. The highest BCUT2D eigenvalue weighted by Gasteiger charge is 2.31. The summed E-state index contributed by atoms with van der Waals surface area (Å²) >= 11 is 0. The second-order valence-electron chi connectivity index (χ2n) is 8.12. The van der Waals surface area contributed by atoms with Gasteiger partial charge in [-0.3, -0.25) is 0 Å². The first-order chi connectivity index (χ1) is 17.3. The van der Waals surface area contributed by atoms with Gasteiger partial charge >= 0.3 is 12.1 Å². The van der Waals surface area contributed by atoms with E-state index < -0.39 is 23.5 Å². The number of nitrogens with one attached hydrogen (secondary N) is 1. The van der Waals surface area contributed by atoms with E-state index in [4.69, 9.17) is 9.47 Å². The Morgan fingerprint density at radius 3 is 2.47 bits per heavy atom. The van der Waals surface area contributed by atoms with E-state index >= 15 is 0 Å². The molecule has 2 aromatic carbocycles. The number of alkyl halides is 3. The zero-order valence-corrected chi connectivity index (χ0v) is 19.6. The molecule has 1 fully saturated rings. The van der Waals surface area contributed by atoms with Gasteiger partial charge in [0.05, 0.1) is 37.1 Å². The Morgan fingerprint density at radius 1 is 1.08 bits per heavy atom. The van der Waals surface area contributed by atoms with Crippen LogP contribution in [0, 0.1) is 5.82 Å². The molecule has 0 saturated carbocycles. The van der Waals surface area contributed by atoms with Crippen LogP contribution in [0.5, 0.6) is 0 Å². The van der Waals surface area contributed by atoms with E-state index in [1.54, 1.807) is 23.6 Å². The Morgan fingerprint density at radius 2 is 1.83 bits per heavy atom. The number of carbonyl (C=O) groups is 1. The summed E-state index contributed by atoms with van der Waals surface area (Å²) in [5, 5.41) is 4.66. The molecule has 0 atom stereocenters. The summed E-state index contributed by atoms with van der Waals surface area (Å²) in [6.07, 6.45) is -3.17. The van der Waals surface area contributed by atoms with Crippen LogP contribution in [0.1, 0.15) is 28.5 Å². The van der Waals surface area contributed by atoms with Crippen LogP contribution < -0.4 is 5.32 Å². The summed E-state index contributed by atoms with van der Waals surface area (Å²) in [5.41, 5.74) is 0.605. The van der Waals surface area contributed by atoms with Gasteiger partial charge in [0, 0.05) is 35.9 Å². The zero-order valence-electron chi connectivity index (χ0n) is 19.6. The van der Waals surface area contributed by atoms with Crippen LogP contribution in [-0.2, 0) is 22.2 Å². The molecule has 1 saturated heterocycles. The van der Waals surface area contributed by atoms with Gasteiger partial charge in [0.1, 0.15) is 11.5 Å². The maximum Gasteiger partial charge on any atom is 0.416 e. The van der Waals surface area contributed by atoms with Crippen molar-refractivity contribution >= 4 is 27.8 Å². The number of hydrogen-bond donors (Lipinski definition) is 1. The highest BCUT2D eigenvalue weighted by molar-refractivity contribution is 6.09. The van der Waals surface area contributed by atoms with Crippen molar-refractivity contribution in [3.05, 3.63) is 77.4 Å². The van der Waals surface area contributed by atoms with Crippen LogP contribution in [0.25, 0.3) is 21.8 Å². The number of esters is 1. The molecule has 0 bridgehead atoms. The number of morpholine rings is 1. The third-order valence-corrected chi connectivity index (χ3v) is 5.62. The van der Waals surface area contributed by atoms with Crippen molar-refractivity contribution in [3.63, 3.8) is 0 Å². The Hall–Kier alpha value is -3.50. The molecule has 0 radical (unpaired) electrons. The van der Waals surface area contributed by atoms with Crippen LogP contribution in [0.3, 0.4) is 0 Å². The standard InChI is InChI=1S/C22H16F4N2O2.C4H9NO/c1-2-30-21(29)18-10-17-16-5-3-4-6-19(16)28(20(17)11-27-18)12-13-7-14(22(24,25)26)9-15(23)8-13;1-3-6-4-2-5-1/h3-11H,2,12H2,1H3;5H,1-4H2. The van der Waals surface area contributed by atoms with Gasteiger partial charge in [0.2, 0.25) is 0 Å². The minimum atomic E-state index is -4.65. The van der Waals surface area contributed by atoms with E-state index in [0.29, 0.717) is 17.0 Å². The van der Waals surface area contributed by atoms with Gasteiger partial charge in [-0.2, -0.15) is 13.2 Å². The van der Waals surface area contributed by atoms with Gasteiger partial charge in [0.25, 0.3) is 0 Å². The van der Waals surface area contributed by atoms with E-state index in [1.165, 1.54) is 6.20 Å². The SMILES string of the molecule is C1COCCN1.CCOC(=O)c1cc2c3ccccc3n(Cc3cc(F)cc(C(F)(F)F)c3)c2cn1. The molecule has 1 N–H and O–H groups in total. The van der Waals surface area contributed by atoms with E-state index in [2.05, 4.69) is 10.3 Å². The highest BCUT2D eigenvalue weighted by atomic mass is 19.4. The number of benzene rings is 2. The Kier molecular flexibility index (Phi) is 7.85. The number of halogens is 4. The molecule has 1 aliphatic rings. The number of hydrogen-bond acceptors (Lipinski definition) is 5. The second kappa shape index (κ2) is 11.0. The first kappa shape index (κ1) is 25.6. The Balaban J connectivity index is 0.000000445. The highest BCUT2D eigenvalue weighted by Crippen LogP contribution is 2.33. The van der Waals surface area contributed by atoms with Crippen LogP contribution in [0.4, 0.5) is 17.6 Å². The smallest absolute Gasteiger partial charge is 0.416 e. The molecule has 4 aromatic rings. The lowest BCUT2D eigenvalue weighted by molar-refractivity contribution is -0.137. The molecule has 5 rings (SSSR count). The molecule has 36 heavy (non-hydrogen) atoms. The van der Waals surface area contributed by atoms with Crippen LogP contribution in [0.2, 0.25) is 0 Å². The lowest BCUT2D eigenvalue weighted by atomic mass is 10.1. The van der Waals surface area contributed by atoms with Crippen molar-refractivity contribution in [1.82, 2.24) is 14.9 Å². The minimum Gasteiger partial charge on any atom is -0.461 e. The summed E-state index contributed by atoms with van der Waals surface area (Å²) in [6.45, 7) is 5.74. The number of nitrogens with zero attached hydrogens (tertiary/aromatic N) is 2. The van der Waals surface area contributed by atoms with Gasteiger partial charge in [-0.05, 0) is 42.8 Å². The molecule has 0 spiro atoms. The number of fused-ring (bicyclic) bond motifs is 3. The van der Waals surface area contributed by atoms with Gasteiger partial charge in [-0.15, -0.1) is 0 Å². The number of pyridine rings is 1. The van der Waals surface area contributed by atoms with Gasteiger partial charge in [-0.1, -0.05) is 18.2 Å². The van der Waals surface area contributed by atoms with E-state index in [-0.39, 0.29) is 24.4 Å². The predicted molar refractivity (Wildman–Crippen MR) is 127 cm³/mol. The largest absolute Gasteiger partial charge is 0.461 e. The monoisotopic (exact) mass is 503 g/mol. The fourth-order valence-corrected chi connectivity index (χ4v) is 4.04. The van der Waals surface area contributed by atoms with E-state index in [9.17, 15) is 22.4 Å². The molecule has 2 aromatic heterocycles. The third kappa shape index (κ3) is 5.83. The third-order valence-electron chi connectivity index (χ3n) is 5.62. The number of carbonyl (C=O) groups excluding carboxylic acids is 1. The summed E-state index contributed by atoms with van der Waals surface area (Å²) in [4.78, 5) is 16.2. The van der Waals surface area contributed by atoms with Crippen molar-refractivity contribution in [3.8, 4) is 0 Å². The van der Waals surface area contributed by atoms with Crippen molar-refractivity contribution in [2.75, 3.05) is 32.9 Å². The topological polar surface area (TPSA) is 65.4 Å². The molecule has 6 nitrogen and oxygen atoms in total. The number of para-hydroxylation sites is 1. The quantitative estimate of drug-likeness (QED) is 0.307. The van der Waals surface area contributed by atoms with Crippen molar-refractivity contribution in [2.24, 2.45) is 0 Å². The summed E-state index contributed by atoms with van der Waals surface area (Å²) in [7, 11) is 0. The fraction of sp³-hybridized carbons (Fsp3) is 0.308. The van der Waals surface area contributed by atoms with E-state index in [0.717, 1.165) is 49.3 Å². The average Bonchev–Trinajstić information content (AvgIpc) is 3.18.